The van der Waals surface area contributed by atoms with Gasteiger partial charge < -0.3 is 14.6 Å². The Morgan fingerprint density at radius 3 is 1.79 bits per heavy atom. The van der Waals surface area contributed by atoms with E-state index in [4.69, 9.17) is 4.74 Å². The summed E-state index contributed by atoms with van der Waals surface area (Å²) in [5, 5.41) is 2.29. The van der Waals surface area contributed by atoms with Gasteiger partial charge in [0.05, 0.1) is 17.3 Å². The van der Waals surface area contributed by atoms with Crippen LogP contribution in [-0.2, 0) is 24.8 Å². The molecule has 48 heavy (non-hydrogen) atoms. The minimum atomic E-state index is -4.66. The van der Waals surface area contributed by atoms with E-state index in [9.17, 15) is 0 Å². The van der Waals surface area contributed by atoms with Crippen LogP contribution in [0.2, 0.25) is 0 Å². The van der Waals surface area contributed by atoms with Crippen molar-refractivity contribution in [3.63, 3.8) is 0 Å². The number of aromatic amines is 1. The molecule has 0 amide bonds. The van der Waals surface area contributed by atoms with Gasteiger partial charge in [0.25, 0.3) is 20.0 Å². The van der Waals surface area contributed by atoms with Crippen LogP contribution in [-0.4, -0.2) is 53.0 Å². The number of thiophene rings is 2. The maximum Gasteiger partial charge on any atom is 0.287 e. The molecule has 0 aliphatic heterocycles. The molecule has 12 heteroatoms. The Morgan fingerprint density at radius 1 is 0.750 bits per heavy atom. The van der Waals surface area contributed by atoms with Gasteiger partial charge in [-0.05, 0) is 87.8 Å². The molecule has 1 unspecified atom stereocenters. The number of para-hydroxylation sites is 1. The van der Waals surface area contributed by atoms with Crippen LogP contribution in [0.1, 0.15) is 54.7 Å². The highest BCUT2D eigenvalue weighted by Gasteiger charge is 2.42. The number of rotatable bonds is 12. The lowest BCUT2D eigenvalue weighted by molar-refractivity contribution is 0.0357. The van der Waals surface area contributed by atoms with Gasteiger partial charge in [-0.1, -0.05) is 61.4 Å². The van der Waals surface area contributed by atoms with E-state index >= 15 is 16.8 Å². The lowest BCUT2D eigenvalue weighted by Crippen LogP contribution is -2.37. The number of anilines is 1. The number of ether oxygens (including phenoxy) is 1. The normalized spacial score (nSPS) is 13.3. The third-order valence-corrected chi connectivity index (χ3v) is 16.8. The first-order valence-corrected chi connectivity index (χ1v) is 20.6. The molecule has 6 aromatic rings. The van der Waals surface area contributed by atoms with Crippen LogP contribution >= 0.6 is 22.7 Å². The van der Waals surface area contributed by atoms with Crippen molar-refractivity contribution >= 4 is 79.5 Å². The number of H-pyrrole nitrogens is 1. The van der Waals surface area contributed by atoms with Crippen molar-refractivity contribution in [2.24, 2.45) is 0 Å². The van der Waals surface area contributed by atoms with Crippen molar-refractivity contribution in [3.8, 4) is 0 Å². The van der Waals surface area contributed by atoms with Gasteiger partial charge in [-0.15, -0.1) is 22.7 Å². The van der Waals surface area contributed by atoms with Gasteiger partial charge in [0.1, 0.15) is 8.42 Å². The van der Waals surface area contributed by atoms with Gasteiger partial charge in [-0.2, -0.15) is 20.5 Å². The number of aromatic nitrogens is 1. The van der Waals surface area contributed by atoms with E-state index in [1.807, 2.05) is 69.4 Å². The molecule has 1 N–H and O–H groups in total. The second-order valence-corrected chi connectivity index (χ2v) is 18.4. The maximum atomic E-state index is 15.0. The van der Waals surface area contributed by atoms with Gasteiger partial charge in [-0.3, -0.25) is 0 Å². The number of hydrogen-bond donors (Lipinski definition) is 1. The summed E-state index contributed by atoms with van der Waals surface area (Å²) in [6.07, 6.45) is 1.51. The summed E-state index contributed by atoms with van der Waals surface area (Å²) in [4.78, 5) is 5.53. The Hall–Kier alpha value is -3.26. The average Bonchev–Trinajstić information content (AvgIpc) is 3.73. The standard InChI is InChI=1S/C36H41N3O5S4/c1-8-38(9-2)21-31(44-10-3)29-20-37-34-26(29)12-11-13-30(34)39(47(40,41)35-24(6)27-18-22(4)14-16-32(27)45-35)48(42,43)36-25(7)28-19-23(5)15-17-33(28)46-36/h11-20,31,37H,8-10,21H2,1-7H3. The minimum absolute atomic E-state index is 0.00112. The van der Waals surface area contributed by atoms with Gasteiger partial charge in [-0.25, -0.2) is 0 Å². The monoisotopic (exact) mass is 723 g/mol. The van der Waals surface area contributed by atoms with E-state index in [0.29, 0.717) is 38.9 Å². The molecule has 0 spiro atoms. The number of nitrogens with one attached hydrogen (secondary N) is 1. The topological polar surface area (TPSA) is 99.8 Å². The van der Waals surface area contributed by atoms with E-state index in [0.717, 1.165) is 72.6 Å². The van der Waals surface area contributed by atoms with E-state index < -0.39 is 20.0 Å². The van der Waals surface area contributed by atoms with Gasteiger partial charge in [0.2, 0.25) is 0 Å². The summed E-state index contributed by atoms with van der Waals surface area (Å²) in [6, 6.07) is 16.7. The van der Waals surface area contributed by atoms with Crippen LogP contribution in [0.15, 0.2) is 69.2 Å². The predicted molar refractivity (Wildman–Crippen MR) is 200 cm³/mol. The number of hydrogen-bond acceptors (Lipinski definition) is 8. The first kappa shape index (κ1) is 34.6. The first-order chi connectivity index (χ1) is 22.8. The SMILES string of the molecule is CCOC(CN(CC)CC)c1c[nH]c2c(N(S(=O)(=O)c3sc4ccc(C)cc4c3C)S(=O)(=O)c3sc4ccc(C)cc4c3C)cccc12. The van der Waals surface area contributed by atoms with Crippen molar-refractivity contribution in [1.82, 2.24) is 9.88 Å². The second kappa shape index (κ2) is 13.2. The van der Waals surface area contributed by atoms with Crippen molar-refractivity contribution in [2.75, 3.05) is 30.0 Å². The van der Waals surface area contributed by atoms with Gasteiger partial charge in [0, 0.05) is 39.7 Å². The molecular formula is C36H41N3O5S4. The predicted octanol–water partition coefficient (Wildman–Crippen LogP) is 8.83. The van der Waals surface area contributed by atoms with Crippen molar-refractivity contribution in [1.29, 1.82) is 0 Å². The summed E-state index contributed by atoms with van der Waals surface area (Å²) < 4.78 is 68.6. The molecule has 8 nitrogen and oxygen atoms in total. The molecule has 0 bridgehead atoms. The molecule has 3 heterocycles. The third kappa shape index (κ3) is 5.86. The van der Waals surface area contributed by atoms with E-state index in [-0.39, 0.29) is 20.2 Å². The quantitative estimate of drug-likeness (QED) is 0.136. The lowest BCUT2D eigenvalue weighted by Gasteiger charge is -2.26. The molecule has 3 aromatic heterocycles. The molecule has 254 valence electrons. The number of fused-ring (bicyclic) bond motifs is 3. The molecule has 0 radical (unpaired) electrons. The van der Waals surface area contributed by atoms with Crippen LogP contribution in [0.3, 0.4) is 0 Å². The molecule has 3 aromatic carbocycles. The molecule has 1 atom stereocenters. The van der Waals surface area contributed by atoms with Gasteiger partial charge >= 0.3 is 0 Å². The first-order valence-electron chi connectivity index (χ1n) is 16.1. The molecule has 0 saturated carbocycles. The number of sulfonamides is 2. The minimum Gasteiger partial charge on any atom is -0.372 e. The fourth-order valence-corrected chi connectivity index (χ4v) is 13.9. The molecule has 0 aliphatic rings. The number of benzene rings is 3. The highest BCUT2D eigenvalue weighted by atomic mass is 32.3. The van der Waals surface area contributed by atoms with Gasteiger partial charge in [0.15, 0.2) is 0 Å². The number of likely N-dealkylation sites (N-methyl/N-ethyl adjacent to an activating group) is 1. The van der Waals surface area contributed by atoms with Crippen LogP contribution in [0.5, 0.6) is 0 Å². The largest absolute Gasteiger partial charge is 0.372 e. The molecule has 0 saturated heterocycles. The Labute approximate surface area is 291 Å². The fourth-order valence-electron chi connectivity index (χ4n) is 6.39. The number of aryl methyl sites for hydroxylation is 4. The zero-order valence-electron chi connectivity index (χ0n) is 28.2. The van der Waals surface area contributed by atoms with E-state index in [1.54, 1.807) is 26.0 Å². The van der Waals surface area contributed by atoms with Crippen molar-refractivity contribution in [3.05, 3.63) is 88.6 Å². The summed E-state index contributed by atoms with van der Waals surface area (Å²) >= 11 is 2.19. The van der Waals surface area contributed by atoms with Crippen molar-refractivity contribution in [2.45, 2.75) is 63.0 Å². The molecule has 0 aliphatic carbocycles. The third-order valence-electron chi connectivity index (χ3n) is 8.96. The lowest BCUT2D eigenvalue weighted by atomic mass is 10.1. The zero-order chi connectivity index (χ0) is 34.5. The van der Waals surface area contributed by atoms with E-state index in [1.165, 1.54) is 0 Å². The fraction of sp³-hybridized carbons (Fsp3) is 0.333. The summed E-state index contributed by atoms with van der Waals surface area (Å²) in [6.45, 7) is 16.4. The molecule has 6 rings (SSSR count). The van der Waals surface area contributed by atoms with Crippen LogP contribution in [0.25, 0.3) is 31.1 Å². The Morgan fingerprint density at radius 2 is 1.29 bits per heavy atom. The Balaban J connectivity index is 1.62. The Bertz CT molecular complexity index is 2250. The van der Waals surface area contributed by atoms with Crippen molar-refractivity contribution < 1.29 is 21.6 Å². The molecular weight excluding hydrogens is 683 g/mol. The summed E-state index contributed by atoms with van der Waals surface area (Å²) in [5.74, 6) is 0. The smallest absolute Gasteiger partial charge is 0.287 e. The summed E-state index contributed by atoms with van der Waals surface area (Å²) in [7, 11) is -9.31. The zero-order valence-corrected chi connectivity index (χ0v) is 31.5. The molecule has 0 fully saturated rings. The summed E-state index contributed by atoms with van der Waals surface area (Å²) in [5.41, 5.74) is 4.33. The highest BCUT2D eigenvalue weighted by molar-refractivity contribution is 8.12. The second-order valence-electron chi connectivity index (χ2n) is 12.1. The van der Waals surface area contributed by atoms with Crippen LogP contribution < -0.4 is 3.71 Å². The maximum absolute atomic E-state index is 15.0. The average molecular weight is 724 g/mol. The van der Waals surface area contributed by atoms with E-state index in [2.05, 4.69) is 23.7 Å². The number of nitrogens with zero attached hydrogens (tertiary/aromatic N) is 2. The highest BCUT2D eigenvalue weighted by Crippen LogP contribution is 2.45. The Kier molecular flexibility index (Phi) is 9.53. The van der Waals surface area contributed by atoms with Crippen LogP contribution in [0.4, 0.5) is 5.69 Å². The van der Waals surface area contributed by atoms with Crippen LogP contribution in [0, 0.1) is 27.7 Å².